The monoisotopic (exact) mass is 381 g/mol. The van der Waals surface area contributed by atoms with E-state index < -0.39 is 0 Å². The summed E-state index contributed by atoms with van der Waals surface area (Å²) in [6.45, 7) is -0.185. The molecule has 0 aliphatic carbocycles. The highest BCUT2D eigenvalue weighted by Crippen LogP contribution is 2.18. The zero-order valence-corrected chi connectivity index (χ0v) is 12.6. The van der Waals surface area contributed by atoms with E-state index in [1.54, 1.807) is 0 Å². The first kappa shape index (κ1) is 13.3. The number of halogens is 1. The van der Waals surface area contributed by atoms with Crippen LogP contribution in [0.15, 0.2) is 30.6 Å². The topological polar surface area (TPSA) is 89.9 Å². The van der Waals surface area contributed by atoms with Gasteiger partial charge in [-0.25, -0.2) is 15.0 Å². The van der Waals surface area contributed by atoms with E-state index in [1.165, 1.54) is 10.9 Å². The molecule has 0 saturated carbocycles. The Hall–Kier alpha value is -1.74. The van der Waals surface area contributed by atoms with E-state index in [9.17, 15) is 5.11 Å². The van der Waals surface area contributed by atoms with Crippen LogP contribution in [0.4, 0.5) is 5.82 Å². The van der Waals surface area contributed by atoms with E-state index in [0.29, 0.717) is 29.2 Å². The van der Waals surface area contributed by atoms with Gasteiger partial charge in [0.1, 0.15) is 18.1 Å². The molecule has 0 saturated heterocycles. The minimum Gasteiger partial charge on any atom is -0.382 e. The van der Waals surface area contributed by atoms with Crippen molar-refractivity contribution in [2.45, 2.75) is 13.2 Å². The lowest BCUT2D eigenvalue weighted by molar-refractivity contribution is 0.214. The van der Waals surface area contributed by atoms with Crippen molar-refractivity contribution in [3.05, 3.63) is 45.6 Å². The molecule has 0 atom stereocenters. The van der Waals surface area contributed by atoms with Crippen molar-refractivity contribution in [3.63, 3.8) is 0 Å². The predicted octanol–water partition coefficient (Wildman–Crippen LogP) is 1.55. The van der Waals surface area contributed by atoms with Crippen molar-refractivity contribution in [2.24, 2.45) is 0 Å². The third-order valence-electron chi connectivity index (χ3n) is 2.94. The van der Waals surface area contributed by atoms with Crippen LogP contribution in [0.2, 0.25) is 0 Å². The van der Waals surface area contributed by atoms with Crippen molar-refractivity contribution in [2.75, 3.05) is 5.73 Å². The summed E-state index contributed by atoms with van der Waals surface area (Å²) in [6.07, 6.45) is 2.10. The van der Waals surface area contributed by atoms with E-state index in [2.05, 4.69) is 43.6 Å². The molecule has 6 nitrogen and oxygen atoms in total. The second-order valence-electron chi connectivity index (χ2n) is 4.36. The zero-order valence-electron chi connectivity index (χ0n) is 10.5. The molecule has 2 heterocycles. The summed E-state index contributed by atoms with van der Waals surface area (Å²) < 4.78 is 2.69. The molecule has 0 radical (unpaired) electrons. The Bertz CT molecular complexity index is 771. The van der Waals surface area contributed by atoms with Crippen LogP contribution in [0.25, 0.3) is 11.2 Å². The summed E-state index contributed by atoms with van der Waals surface area (Å²) >= 11 is 2.27. The number of aromatic nitrogens is 4. The van der Waals surface area contributed by atoms with Gasteiger partial charge in [-0.05, 0) is 40.3 Å². The Balaban J connectivity index is 2.03. The number of aliphatic hydroxyl groups excluding tert-OH is 1. The molecule has 0 aliphatic rings. The number of nitrogens with zero attached hydrogens (tertiary/aromatic N) is 4. The lowest BCUT2D eigenvalue weighted by Crippen LogP contribution is -2.04. The number of hydrogen-bond donors (Lipinski definition) is 2. The molecule has 0 unspecified atom stereocenters. The molecular weight excluding hydrogens is 369 g/mol. The van der Waals surface area contributed by atoms with E-state index in [4.69, 9.17) is 5.73 Å². The maximum atomic E-state index is 9.25. The first-order valence-electron chi connectivity index (χ1n) is 6.00. The highest BCUT2D eigenvalue weighted by Gasteiger charge is 2.11. The van der Waals surface area contributed by atoms with Gasteiger partial charge < -0.3 is 10.8 Å². The molecule has 102 valence electrons. The number of benzene rings is 1. The SMILES string of the molecule is Nc1nc(Cc2cccc(I)c2)nc2c1ncn2CO. The molecule has 0 fully saturated rings. The number of anilines is 1. The standard InChI is InChI=1S/C13H12IN5O/c14-9-3-1-2-8(4-9)5-10-17-12(15)11-13(18-10)19(7-20)6-16-11/h1-4,6,20H,5,7H2,(H2,15,17,18). The quantitative estimate of drug-likeness (QED) is 0.672. The number of imidazole rings is 1. The number of fused-ring (bicyclic) bond motifs is 1. The maximum Gasteiger partial charge on any atom is 0.167 e. The minimum atomic E-state index is -0.185. The van der Waals surface area contributed by atoms with Gasteiger partial charge in [-0.1, -0.05) is 12.1 Å². The Kier molecular flexibility index (Phi) is 3.53. The average molecular weight is 381 g/mol. The molecule has 1 aromatic carbocycles. The average Bonchev–Trinajstić information content (AvgIpc) is 2.82. The van der Waals surface area contributed by atoms with Crippen LogP contribution in [-0.2, 0) is 13.2 Å². The molecule has 7 heteroatoms. The van der Waals surface area contributed by atoms with Crippen molar-refractivity contribution < 1.29 is 5.11 Å². The highest BCUT2D eigenvalue weighted by molar-refractivity contribution is 14.1. The van der Waals surface area contributed by atoms with E-state index in [1.807, 2.05) is 18.2 Å². The van der Waals surface area contributed by atoms with Crippen LogP contribution >= 0.6 is 22.6 Å². The van der Waals surface area contributed by atoms with Crippen LogP contribution in [-0.4, -0.2) is 24.6 Å². The van der Waals surface area contributed by atoms with Crippen LogP contribution < -0.4 is 5.73 Å². The van der Waals surface area contributed by atoms with Crippen LogP contribution in [0.3, 0.4) is 0 Å². The zero-order chi connectivity index (χ0) is 14.1. The van der Waals surface area contributed by atoms with Gasteiger partial charge in [0.15, 0.2) is 11.5 Å². The van der Waals surface area contributed by atoms with Crippen molar-refractivity contribution >= 4 is 39.6 Å². The fraction of sp³-hybridized carbons (Fsp3) is 0.154. The molecule has 0 amide bonds. The van der Waals surface area contributed by atoms with Crippen LogP contribution in [0.1, 0.15) is 11.4 Å². The normalized spacial score (nSPS) is 11.1. The van der Waals surface area contributed by atoms with Gasteiger partial charge in [0.2, 0.25) is 0 Å². The molecule has 20 heavy (non-hydrogen) atoms. The third kappa shape index (κ3) is 2.46. The van der Waals surface area contributed by atoms with Gasteiger partial charge in [-0.2, -0.15) is 0 Å². The number of rotatable bonds is 3. The van der Waals surface area contributed by atoms with Gasteiger partial charge in [-0.15, -0.1) is 0 Å². The summed E-state index contributed by atoms with van der Waals surface area (Å²) in [5.74, 6) is 0.954. The number of hydrogen-bond acceptors (Lipinski definition) is 5. The van der Waals surface area contributed by atoms with Gasteiger partial charge in [0.05, 0.1) is 6.33 Å². The Morgan fingerprint density at radius 2 is 2.15 bits per heavy atom. The number of nitrogen functional groups attached to an aromatic ring is 1. The molecule has 3 rings (SSSR count). The summed E-state index contributed by atoms with van der Waals surface area (Å²) in [5, 5.41) is 9.25. The summed E-state index contributed by atoms with van der Waals surface area (Å²) in [4.78, 5) is 12.8. The Morgan fingerprint density at radius 3 is 2.90 bits per heavy atom. The number of nitrogens with two attached hydrogens (primary N) is 1. The smallest absolute Gasteiger partial charge is 0.167 e. The minimum absolute atomic E-state index is 0.185. The van der Waals surface area contributed by atoms with E-state index in [-0.39, 0.29) is 6.73 Å². The fourth-order valence-electron chi connectivity index (χ4n) is 2.03. The van der Waals surface area contributed by atoms with Crippen molar-refractivity contribution in [1.29, 1.82) is 0 Å². The maximum absolute atomic E-state index is 9.25. The fourth-order valence-corrected chi connectivity index (χ4v) is 2.63. The molecule has 3 aromatic rings. The molecule has 2 aromatic heterocycles. The number of aliphatic hydroxyl groups is 1. The molecule has 3 N–H and O–H groups in total. The van der Waals surface area contributed by atoms with E-state index in [0.717, 1.165) is 9.13 Å². The Morgan fingerprint density at radius 1 is 1.30 bits per heavy atom. The summed E-state index contributed by atoms with van der Waals surface area (Å²) in [5.41, 5.74) is 8.09. The summed E-state index contributed by atoms with van der Waals surface area (Å²) in [6, 6.07) is 8.13. The highest BCUT2D eigenvalue weighted by atomic mass is 127. The van der Waals surface area contributed by atoms with Crippen LogP contribution in [0.5, 0.6) is 0 Å². The second kappa shape index (κ2) is 5.33. The van der Waals surface area contributed by atoms with Crippen LogP contribution in [0, 0.1) is 3.57 Å². The molecule has 0 spiro atoms. The van der Waals surface area contributed by atoms with Gasteiger partial charge in [0.25, 0.3) is 0 Å². The lowest BCUT2D eigenvalue weighted by Gasteiger charge is -2.04. The Labute approximate surface area is 128 Å². The third-order valence-corrected chi connectivity index (χ3v) is 3.61. The molecule has 0 bridgehead atoms. The van der Waals surface area contributed by atoms with Gasteiger partial charge >= 0.3 is 0 Å². The van der Waals surface area contributed by atoms with Crippen molar-refractivity contribution in [3.8, 4) is 0 Å². The largest absolute Gasteiger partial charge is 0.382 e. The first-order valence-corrected chi connectivity index (χ1v) is 7.08. The molecular formula is C13H12IN5O. The first-order chi connectivity index (χ1) is 9.67. The predicted molar refractivity (Wildman–Crippen MR) is 83.9 cm³/mol. The molecule has 0 aliphatic heterocycles. The second-order valence-corrected chi connectivity index (χ2v) is 5.61. The summed E-state index contributed by atoms with van der Waals surface area (Å²) in [7, 11) is 0. The lowest BCUT2D eigenvalue weighted by atomic mass is 10.1. The van der Waals surface area contributed by atoms with Crippen molar-refractivity contribution in [1.82, 2.24) is 19.5 Å². The van der Waals surface area contributed by atoms with Gasteiger partial charge in [-0.3, -0.25) is 4.57 Å². The van der Waals surface area contributed by atoms with Gasteiger partial charge in [0, 0.05) is 9.99 Å². The van der Waals surface area contributed by atoms with E-state index >= 15 is 0 Å².